The van der Waals surface area contributed by atoms with Crippen molar-refractivity contribution in [3.63, 3.8) is 0 Å². The Bertz CT molecular complexity index is 737. The summed E-state index contributed by atoms with van der Waals surface area (Å²) in [6, 6.07) is 10.4. The number of rotatable bonds is 5. The van der Waals surface area contributed by atoms with E-state index >= 15 is 0 Å². The zero-order chi connectivity index (χ0) is 17.0. The summed E-state index contributed by atoms with van der Waals surface area (Å²) < 4.78 is 5.61. The fourth-order valence-corrected chi connectivity index (χ4v) is 2.21. The largest absolute Gasteiger partial charge is 0.483 e. The summed E-state index contributed by atoms with van der Waals surface area (Å²) in [7, 11) is 0. The van der Waals surface area contributed by atoms with E-state index in [1.165, 1.54) is 0 Å². The minimum atomic E-state index is -0.503. The Balaban J connectivity index is 1.96. The second-order valence-electron chi connectivity index (χ2n) is 5.48. The molecule has 2 aromatic rings. The lowest BCUT2D eigenvalue weighted by molar-refractivity contribution is -0.118. The SMILES string of the molecule is Cc1cc(C)c(C)c(OCC(=O)Nc2ccc(C(N)=O)cc2)c1. The van der Waals surface area contributed by atoms with E-state index in [2.05, 4.69) is 11.4 Å². The molecule has 3 N–H and O–H groups in total. The van der Waals surface area contributed by atoms with Crippen LogP contribution < -0.4 is 15.8 Å². The van der Waals surface area contributed by atoms with Crippen molar-refractivity contribution >= 4 is 17.5 Å². The maximum absolute atomic E-state index is 12.0. The predicted molar refractivity (Wildman–Crippen MR) is 89.7 cm³/mol. The highest BCUT2D eigenvalue weighted by atomic mass is 16.5. The van der Waals surface area contributed by atoms with Gasteiger partial charge < -0.3 is 15.8 Å². The molecular formula is C18H20N2O3. The Morgan fingerprint density at radius 2 is 1.74 bits per heavy atom. The van der Waals surface area contributed by atoms with Crippen molar-refractivity contribution in [2.24, 2.45) is 5.73 Å². The first-order valence-corrected chi connectivity index (χ1v) is 7.27. The van der Waals surface area contributed by atoms with Crippen LogP contribution in [0.1, 0.15) is 27.0 Å². The van der Waals surface area contributed by atoms with Crippen LogP contribution in [-0.2, 0) is 4.79 Å². The number of amides is 2. The first-order chi connectivity index (χ1) is 10.9. The molecule has 0 atom stereocenters. The van der Waals surface area contributed by atoms with Gasteiger partial charge in [0, 0.05) is 11.3 Å². The van der Waals surface area contributed by atoms with Crippen molar-refractivity contribution in [2.45, 2.75) is 20.8 Å². The number of anilines is 1. The fourth-order valence-electron chi connectivity index (χ4n) is 2.21. The monoisotopic (exact) mass is 312 g/mol. The number of nitrogens with two attached hydrogens (primary N) is 1. The van der Waals surface area contributed by atoms with Crippen LogP contribution >= 0.6 is 0 Å². The molecule has 120 valence electrons. The van der Waals surface area contributed by atoms with Gasteiger partial charge in [0.25, 0.3) is 5.91 Å². The van der Waals surface area contributed by atoms with Crippen molar-refractivity contribution in [3.8, 4) is 5.75 Å². The third-order valence-corrected chi connectivity index (χ3v) is 3.58. The summed E-state index contributed by atoms with van der Waals surface area (Å²) in [5.41, 5.74) is 9.39. The summed E-state index contributed by atoms with van der Waals surface area (Å²) in [6.07, 6.45) is 0. The Morgan fingerprint density at radius 3 is 2.35 bits per heavy atom. The summed E-state index contributed by atoms with van der Waals surface area (Å²) in [6.45, 7) is 5.88. The van der Waals surface area contributed by atoms with E-state index < -0.39 is 5.91 Å². The van der Waals surface area contributed by atoms with Gasteiger partial charge in [-0.1, -0.05) is 6.07 Å². The van der Waals surface area contributed by atoms with Crippen LogP contribution in [-0.4, -0.2) is 18.4 Å². The van der Waals surface area contributed by atoms with E-state index in [1.54, 1.807) is 24.3 Å². The Hall–Kier alpha value is -2.82. The zero-order valence-corrected chi connectivity index (χ0v) is 13.5. The standard InChI is InChI=1S/C18H20N2O3/c1-11-8-12(2)13(3)16(9-11)23-10-17(21)20-15-6-4-14(5-7-15)18(19)22/h4-9H,10H2,1-3H3,(H2,19,22)(H,20,21). The van der Waals surface area contributed by atoms with Gasteiger partial charge in [0.05, 0.1) is 0 Å². The number of nitrogens with one attached hydrogen (secondary N) is 1. The van der Waals surface area contributed by atoms with E-state index in [1.807, 2.05) is 26.8 Å². The predicted octanol–water partition coefficient (Wildman–Crippen LogP) is 2.73. The number of hydrogen-bond acceptors (Lipinski definition) is 3. The second kappa shape index (κ2) is 6.96. The number of aryl methyl sites for hydroxylation is 2. The molecule has 0 spiro atoms. The molecule has 0 aliphatic heterocycles. The number of carbonyl (C=O) groups excluding carboxylic acids is 2. The lowest BCUT2D eigenvalue weighted by atomic mass is 10.1. The molecule has 0 radical (unpaired) electrons. The molecule has 0 aromatic heterocycles. The number of hydrogen-bond donors (Lipinski definition) is 2. The normalized spacial score (nSPS) is 10.2. The maximum Gasteiger partial charge on any atom is 0.262 e. The lowest BCUT2D eigenvalue weighted by Crippen LogP contribution is -2.20. The molecule has 0 unspecified atom stereocenters. The highest BCUT2D eigenvalue weighted by Crippen LogP contribution is 2.23. The third-order valence-electron chi connectivity index (χ3n) is 3.58. The Labute approximate surface area is 135 Å². The van der Waals surface area contributed by atoms with E-state index in [0.29, 0.717) is 17.0 Å². The lowest BCUT2D eigenvalue weighted by Gasteiger charge is -2.12. The Kier molecular flexibility index (Phi) is 5.01. The molecule has 0 saturated carbocycles. The molecule has 0 heterocycles. The molecule has 2 amide bonds. The smallest absolute Gasteiger partial charge is 0.262 e. The maximum atomic E-state index is 12.0. The van der Waals surface area contributed by atoms with Crippen LogP contribution in [0.5, 0.6) is 5.75 Å². The molecule has 0 aliphatic rings. The van der Waals surface area contributed by atoms with Crippen LogP contribution in [0.4, 0.5) is 5.69 Å². The number of ether oxygens (including phenoxy) is 1. The van der Waals surface area contributed by atoms with E-state index in [4.69, 9.17) is 10.5 Å². The Morgan fingerprint density at radius 1 is 1.09 bits per heavy atom. The summed E-state index contributed by atoms with van der Waals surface area (Å²) in [5, 5.41) is 2.71. The van der Waals surface area contributed by atoms with Crippen LogP contribution in [0.2, 0.25) is 0 Å². The van der Waals surface area contributed by atoms with E-state index in [0.717, 1.165) is 16.7 Å². The quantitative estimate of drug-likeness (QED) is 0.890. The van der Waals surface area contributed by atoms with Gasteiger partial charge in [0.2, 0.25) is 5.91 Å². The fraction of sp³-hybridized carbons (Fsp3) is 0.222. The van der Waals surface area contributed by atoms with Gasteiger partial charge in [-0.3, -0.25) is 9.59 Å². The van der Waals surface area contributed by atoms with Crippen molar-refractivity contribution in [2.75, 3.05) is 11.9 Å². The van der Waals surface area contributed by atoms with Crippen LogP contribution in [0.15, 0.2) is 36.4 Å². The van der Waals surface area contributed by atoms with Gasteiger partial charge in [0.15, 0.2) is 6.61 Å². The average Bonchev–Trinajstić information content (AvgIpc) is 2.50. The van der Waals surface area contributed by atoms with Crippen LogP contribution in [0.25, 0.3) is 0 Å². The minimum Gasteiger partial charge on any atom is -0.483 e. The minimum absolute atomic E-state index is 0.0820. The highest BCUT2D eigenvalue weighted by molar-refractivity contribution is 5.95. The number of carbonyl (C=O) groups is 2. The van der Waals surface area contributed by atoms with Crippen molar-refractivity contribution in [1.82, 2.24) is 0 Å². The first kappa shape index (κ1) is 16.5. The molecule has 0 saturated heterocycles. The molecule has 23 heavy (non-hydrogen) atoms. The van der Waals surface area contributed by atoms with Gasteiger partial charge in [-0.05, 0) is 67.8 Å². The van der Waals surface area contributed by atoms with Crippen molar-refractivity contribution in [3.05, 3.63) is 58.7 Å². The van der Waals surface area contributed by atoms with Gasteiger partial charge in [-0.2, -0.15) is 0 Å². The third kappa shape index (κ3) is 4.32. The van der Waals surface area contributed by atoms with Gasteiger partial charge in [-0.25, -0.2) is 0 Å². The molecule has 2 aromatic carbocycles. The zero-order valence-electron chi connectivity index (χ0n) is 13.5. The molecule has 5 heteroatoms. The summed E-state index contributed by atoms with van der Waals surface area (Å²) in [4.78, 5) is 23.0. The van der Waals surface area contributed by atoms with Gasteiger partial charge in [-0.15, -0.1) is 0 Å². The highest BCUT2D eigenvalue weighted by Gasteiger charge is 2.08. The molecule has 0 bridgehead atoms. The number of benzene rings is 2. The van der Waals surface area contributed by atoms with E-state index in [9.17, 15) is 9.59 Å². The average molecular weight is 312 g/mol. The molecular weight excluding hydrogens is 292 g/mol. The molecule has 0 fully saturated rings. The van der Waals surface area contributed by atoms with Crippen molar-refractivity contribution < 1.29 is 14.3 Å². The van der Waals surface area contributed by atoms with E-state index in [-0.39, 0.29) is 12.5 Å². The molecule has 2 rings (SSSR count). The van der Waals surface area contributed by atoms with Crippen LogP contribution in [0.3, 0.4) is 0 Å². The van der Waals surface area contributed by atoms with Gasteiger partial charge >= 0.3 is 0 Å². The van der Waals surface area contributed by atoms with Crippen LogP contribution in [0, 0.1) is 20.8 Å². The number of primary amides is 1. The second-order valence-corrected chi connectivity index (χ2v) is 5.48. The summed E-state index contributed by atoms with van der Waals surface area (Å²) >= 11 is 0. The topological polar surface area (TPSA) is 81.4 Å². The van der Waals surface area contributed by atoms with Gasteiger partial charge in [0.1, 0.15) is 5.75 Å². The molecule has 5 nitrogen and oxygen atoms in total. The summed E-state index contributed by atoms with van der Waals surface area (Å²) in [5.74, 6) is -0.0615. The first-order valence-electron chi connectivity index (χ1n) is 7.27. The van der Waals surface area contributed by atoms with Crippen molar-refractivity contribution in [1.29, 1.82) is 0 Å². The molecule has 0 aliphatic carbocycles.